The summed E-state index contributed by atoms with van der Waals surface area (Å²) in [6.45, 7) is 3.67. The number of carbonyl (C=O) groups excluding carboxylic acids is 1. The van der Waals surface area contributed by atoms with E-state index in [0.29, 0.717) is 18.2 Å². The minimum absolute atomic E-state index is 0.218. The van der Waals surface area contributed by atoms with Gasteiger partial charge in [-0.2, -0.15) is 0 Å². The zero-order valence-corrected chi connectivity index (χ0v) is 16.2. The Bertz CT molecular complexity index is 751. The number of ether oxygens (including phenoxy) is 2. The fourth-order valence-electron chi connectivity index (χ4n) is 3.16. The molecule has 0 bridgehead atoms. The van der Waals surface area contributed by atoms with Crippen molar-refractivity contribution < 1.29 is 14.3 Å². The van der Waals surface area contributed by atoms with Crippen molar-refractivity contribution in [2.45, 2.75) is 32.2 Å². The number of rotatable bonds is 5. The molecule has 1 amide bonds. The Morgan fingerprint density at radius 3 is 2.70 bits per heavy atom. The van der Waals surface area contributed by atoms with Crippen LogP contribution in [0, 0.1) is 0 Å². The van der Waals surface area contributed by atoms with E-state index in [9.17, 15) is 4.79 Å². The van der Waals surface area contributed by atoms with Crippen molar-refractivity contribution in [2.75, 3.05) is 25.0 Å². The molecule has 1 heterocycles. The summed E-state index contributed by atoms with van der Waals surface area (Å²) >= 11 is 5.94. The number of likely N-dealkylation sites (tertiary alicyclic amines) is 1. The van der Waals surface area contributed by atoms with E-state index in [0.717, 1.165) is 43.0 Å². The fourth-order valence-corrected chi connectivity index (χ4v) is 3.29. The highest BCUT2D eigenvalue weighted by atomic mass is 35.5. The van der Waals surface area contributed by atoms with Gasteiger partial charge in [0.2, 0.25) is 0 Å². The van der Waals surface area contributed by atoms with Crippen molar-refractivity contribution in [2.24, 2.45) is 0 Å². The molecule has 1 aliphatic heterocycles. The molecule has 5 nitrogen and oxygen atoms in total. The van der Waals surface area contributed by atoms with E-state index >= 15 is 0 Å². The van der Waals surface area contributed by atoms with Crippen LogP contribution in [-0.2, 0) is 4.74 Å². The summed E-state index contributed by atoms with van der Waals surface area (Å²) in [5.74, 6) is 1.51. The third kappa shape index (κ3) is 5.54. The number of hydrogen-bond donors (Lipinski definition) is 1. The predicted octanol–water partition coefficient (Wildman–Crippen LogP) is 5.56. The maximum Gasteiger partial charge on any atom is 0.409 e. The molecule has 2 aromatic carbocycles. The molecular weight excluding hydrogens is 364 g/mol. The van der Waals surface area contributed by atoms with Gasteiger partial charge in [0.25, 0.3) is 0 Å². The standard InChI is InChI=1S/C21H25ClN2O3/c1-2-26-21(25)24-14-5-6-17(13-15-24)23-19-7-3-4-8-20(19)27-18-11-9-16(22)10-12-18/h3-4,7-12,17,23H,2,5-6,13-15H2,1H3/t17-/m0/s1. The molecule has 0 saturated carbocycles. The number of halogens is 1. The molecule has 0 radical (unpaired) electrons. The maximum atomic E-state index is 12.0. The smallest absolute Gasteiger partial charge is 0.409 e. The van der Waals surface area contributed by atoms with Crippen molar-refractivity contribution in [3.05, 3.63) is 53.6 Å². The number of anilines is 1. The zero-order valence-electron chi connectivity index (χ0n) is 15.5. The van der Waals surface area contributed by atoms with Gasteiger partial charge in [0.15, 0.2) is 5.75 Å². The molecule has 0 aliphatic carbocycles. The van der Waals surface area contributed by atoms with Gasteiger partial charge in [0.1, 0.15) is 5.75 Å². The lowest BCUT2D eigenvalue weighted by atomic mass is 10.1. The topological polar surface area (TPSA) is 50.8 Å². The number of nitrogens with one attached hydrogen (secondary N) is 1. The molecule has 1 saturated heterocycles. The van der Waals surface area contributed by atoms with E-state index in [4.69, 9.17) is 21.1 Å². The largest absolute Gasteiger partial charge is 0.455 e. The minimum atomic E-state index is -0.218. The average Bonchev–Trinajstić information content (AvgIpc) is 2.91. The van der Waals surface area contributed by atoms with E-state index in [-0.39, 0.29) is 12.1 Å². The molecular formula is C21H25ClN2O3. The molecule has 2 aromatic rings. The van der Waals surface area contributed by atoms with E-state index in [1.54, 1.807) is 4.90 Å². The van der Waals surface area contributed by atoms with Crippen LogP contribution >= 0.6 is 11.6 Å². The summed E-state index contributed by atoms with van der Waals surface area (Å²) in [5.41, 5.74) is 0.946. The number of amides is 1. The Labute approximate surface area is 165 Å². The Balaban J connectivity index is 1.64. The SMILES string of the molecule is CCOC(=O)N1CCC[C@H](Nc2ccccc2Oc2ccc(Cl)cc2)CC1. The van der Waals surface area contributed by atoms with Crippen LogP contribution in [0.4, 0.5) is 10.5 Å². The molecule has 1 fully saturated rings. The van der Waals surface area contributed by atoms with E-state index < -0.39 is 0 Å². The summed E-state index contributed by atoms with van der Waals surface area (Å²) < 4.78 is 11.1. The lowest BCUT2D eigenvalue weighted by molar-refractivity contribution is 0.108. The first-order chi connectivity index (χ1) is 13.2. The van der Waals surface area contributed by atoms with Gasteiger partial charge in [0, 0.05) is 24.2 Å². The maximum absolute atomic E-state index is 12.0. The third-order valence-electron chi connectivity index (χ3n) is 4.54. The van der Waals surface area contributed by atoms with Crippen LogP contribution in [0.25, 0.3) is 0 Å². The molecule has 0 unspecified atom stereocenters. The molecule has 27 heavy (non-hydrogen) atoms. The van der Waals surface area contributed by atoms with E-state index in [1.807, 2.05) is 55.5 Å². The Hall–Kier alpha value is -2.40. The molecule has 6 heteroatoms. The second-order valence-electron chi connectivity index (χ2n) is 6.51. The van der Waals surface area contributed by atoms with Crippen molar-refractivity contribution in [3.8, 4) is 11.5 Å². The van der Waals surface area contributed by atoms with Crippen LogP contribution in [0.3, 0.4) is 0 Å². The van der Waals surface area contributed by atoms with Gasteiger partial charge in [-0.05, 0) is 62.6 Å². The molecule has 1 aliphatic rings. The lowest BCUT2D eigenvalue weighted by Gasteiger charge is -2.21. The van der Waals surface area contributed by atoms with Gasteiger partial charge in [-0.25, -0.2) is 4.79 Å². The van der Waals surface area contributed by atoms with Crippen LogP contribution < -0.4 is 10.1 Å². The summed E-state index contributed by atoms with van der Waals surface area (Å²) in [6.07, 6.45) is 2.58. The van der Waals surface area contributed by atoms with Gasteiger partial charge >= 0.3 is 6.09 Å². The second-order valence-corrected chi connectivity index (χ2v) is 6.95. The molecule has 1 atom stereocenters. The number of nitrogens with zero attached hydrogens (tertiary/aromatic N) is 1. The third-order valence-corrected chi connectivity index (χ3v) is 4.79. The average molecular weight is 389 g/mol. The molecule has 0 spiro atoms. The Morgan fingerprint density at radius 2 is 1.93 bits per heavy atom. The quantitative estimate of drug-likeness (QED) is 0.728. The summed E-state index contributed by atoms with van der Waals surface area (Å²) in [5, 5.41) is 4.26. The highest BCUT2D eigenvalue weighted by Crippen LogP contribution is 2.31. The van der Waals surface area contributed by atoms with Crippen molar-refractivity contribution in [1.29, 1.82) is 0 Å². The van der Waals surface area contributed by atoms with Crippen molar-refractivity contribution >= 4 is 23.4 Å². The first kappa shape index (κ1) is 19.4. The van der Waals surface area contributed by atoms with Crippen LogP contribution in [0.2, 0.25) is 5.02 Å². The predicted molar refractivity (Wildman–Crippen MR) is 108 cm³/mol. The molecule has 144 valence electrons. The van der Waals surface area contributed by atoms with Crippen molar-refractivity contribution in [1.82, 2.24) is 4.90 Å². The molecule has 3 rings (SSSR count). The summed E-state index contributed by atoms with van der Waals surface area (Å²) in [6, 6.07) is 15.5. The van der Waals surface area contributed by atoms with Gasteiger partial charge in [-0.1, -0.05) is 23.7 Å². The summed E-state index contributed by atoms with van der Waals surface area (Å²) in [7, 11) is 0. The normalized spacial score (nSPS) is 17.1. The first-order valence-corrected chi connectivity index (χ1v) is 9.74. The van der Waals surface area contributed by atoms with Crippen LogP contribution in [0.5, 0.6) is 11.5 Å². The fraction of sp³-hybridized carbons (Fsp3) is 0.381. The highest BCUT2D eigenvalue weighted by molar-refractivity contribution is 6.30. The van der Waals surface area contributed by atoms with Gasteiger partial charge in [-0.15, -0.1) is 0 Å². The molecule has 1 N–H and O–H groups in total. The van der Waals surface area contributed by atoms with Gasteiger partial charge in [0.05, 0.1) is 12.3 Å². The number of para-hydroxylation sites is 2. The zero-order chi connectivity index (χ0) is 19.1. The Morgan fingerprint density at radius 1 is 1.15 bits per heavy atom. The summed E-state index contributed by atoms with van der Waals surface area (Å²) in [4.78, 5) is 13.7. The first-order valence-electron chi connectivity index (χ1n) is 9.36. The number of benzene rings is 2. The van der Waals surface area contributed by atoms with E-state index in [2.05, 4.69) is 5.32 Å². The van der Waals surface area contributed by atoms with Crippen LogP contribution in [0.1, 0.15) is 26.2 Å². The van der Waals surface area contributed by atoms with Gasteiger partial charge < -0.3 is 19.7 Å². The van der Waals surface area contributed by atoms with Crippen molar-refractivity contribution in [3.63, 3.8) is 0 Å². The molecule has 0 aromatic heterocycles. The minimum Gasteiger partial charge on any atom is -0.455 e. The number of carbonyl (C=O) groups is 1. The van der Waals surface area contributed by atoms with E-state index in [1.165, 1.54) is 0 Å². The second kappa shape index (κ2) is 9.51. The van der Waals surface area contributed by atoms with Crippen LogP contribution in [0.15, 0.2) is 48.5 Å². The Kier molecular flexibility index (Phi) is 6.82. The lowest BCUT2D eigenvalue weighted by Crippen LogP contribution is -2.33. The van der Waals surface area contributed by atoms with Gasteiger partial charge in [-0.3, -0.25) is 0 Å². The highest BCUT2D eigenvalue weighted by Gasteiger charge is 2.22. The number of hydrogen-bond acceptors (Lipinski definition) is 4. The monoisotopic (exact) mass is 388 g/mol. The van der Waals surface area contributed by atoms with Crippen LogP contribution in [-0.4, -0.2) is 36.7 Å².